The van der Waals surface area contributed by atoms with E-state index in [9.17, 15) is 9.59 Å². The van der Waals surface area contributed by atoms with Crippen molar-refractivity contribution in [3.8, 4) is 0 Å². The molecule has 21 heavy (non-hydrogen) atoms. The molecule has 5 nitrogen and oxygen atoms in total. The van der Waals surface area contributed by atoms with Gasteiger partial charge in [0.25, 0.3) is 5.91 Å². The summed E-state index contributed by atoms with van der Waals surface area (Å²) >= 11 is 3.35. The minimum Gasteiger partial charge on any atom is -0.466 e. The number of esters is 1. The van der Waals surface area contributed by atoms with Crippen LogP contribution in [0, 0.1) is 5.92 Å². The quantitative estimate of drug-likeness (QED) is 0.668. The Morgan fingerprint density at radius 2 is 2.05 bits per heavy atom. The maximum atomic E-state index is 12.5. The number of rotatable bonds is 3. The summed E-state index contributed by atoms with van der Waals surface area (Å²) in [5.74, 6) is -0.350. The van der Waals surface area contributed by atoms with Crippen molar-refractivity contribution >= 4 is 33.5 Å². The monoisotopic (exact) mass is 354 g/mol. The molecular formula is C15H19BrN2O3. The average molecular weight is 355 g/mol. The molecule has 0 aromatic heterocycles. The van der Waals surface area contributed by atoms with Gasteiger partial charge in [-0.2, -0.15) is 0 Å². The van der Waals surface area contributed by atoms with Gasteiger partial charge in [0, 0.05) is 23.2 Å². The van der Waals surface area contributed by atoms with Crippen LogP contribution in [0.3, 0.4) is 0 Å². The lowest BCUT2D eigenvalue weighted by atomic mass is 9.96. The van der Waals surface area contributed by atoms with Gasteiger partial charge in [-0.05, 0) is 38.0 Å². The Labute approximate surface area is 132 Å². The molecule has 0 radical (unpaired) electrons. The number of carbonyl (C=O) groups is 2. The molecule has 1 fully saturated rings. The second kappa shape index (κ2) is 6.93. The van der Waals surface area contributed by atoms with Gasteiger partial charge in [-0.15, -0.1) is 0 Å². The number of amides is 1. The number of anilines is 1. The second-order valence-corrected chi connectivity index (χ2v) is 5.97. The molecular weight excluding hydrogens is 336 g/mol. The number of ether oxygens (including phenoxy) is 1. The van der Waals surface area contributed by atoms with Crippen LogP contribution in [0.2, 0.25) is 0 Å². The van der Waals surface area contributed by atoms with E-state index >= 15 is 0 Å². The average Bonchev–Trinajstić information content (AvgIpc) is 2.49. The maximum absolute atomic E-state index is 12.5. The first kappa shape index (κ1) is 15.8. The molecule has 1 aliphatic heterocycles. The molecule has 1 aromatic carbocycles. The number of nitrogens with zero attached hydrogens (tertiary/aromatic N) is 1. The zero-order chi connectivity index (χ0) is 15.4. The Hall–Kier alpha value is -1.56. The van der Waals surface area contributed by atoms with Gasteiger partial charge < -0.3 is 15.4 Å². The third-order valence-electron chi connectivity index (χ3n) is 3.65. The van der Waals surface area contributed by atoms with Crippen molar-refractivity contribution in [2.45, 2.75) is 19.8 Å². The number of hydrogen-bond donors (Lipinski definition) is 1. The Balaban J connectivity index is 2.00. The highest BCUT2D eigenvalue weighted by molar-refractivity contribution is 9.10. The SMILES string of the molecule is CCOC(=O)C1CCN(C(=O)c2cc(Br)ccc2N)CC1. The molecule has 114 valence electrons. The van der Waals surface area contributed by atoms with Crippen LogP contribution < -0.4 is 5.73 Å². The third kappa shape index (κ3) is 3.75. The zero-order valence-corrected chi connectivity index (χ0v) is 13.6. The van der Waals surface area contributed by atoms with Crippen LogP contribution in [0.1, 0.15) is 30.1 Å². The van der Waals surface area contributed by atoms with Gasteiger partial charge in [-0.1, -0.05) is 15.9 Å². The van der Waals surface area contributed by atoms with Crippen molar-refractivity contribution in [2.24, 2.45) is 5.92 Å². The molecule has 1 aliphatic rings. The highest BCUT2D eigenvalue weighted by Gasteiger charge is 2.29. The van der Waals surface area contributed by atoms with E-state index in [0.29, 0.717) is 43.8 Å². The van der Waals surface area contributed by atoms with Crippen molar-refractivity contribution in [2.75, 3.05) is 25.4 Å². The molecule has 1 amide bonds. The predicted molar refractivity (Wildman–Crippen MR) is 83.8 cm³/mol. The lowest BCUT2D eigenvalue weighted by Crippen LogP contribution is -2.40. The second-order valence-electron chi connectivity index (χ2n) is 5.05. The lowest BCUT2D eigenvalue weighted by molar-refractivity contribution is -0.149. The van der Waals surface area contributed by atoms with E-state index in [0.717, 1.165) is 4.47 Å². The van der Waals surface area contributed by atoms with E-state index in [1.807, 2.05) is 0 Å². The van der Waals surface area contributed by atoms with E-state index in [-0.39, 0.29) is 17.8 Å². The summed E-state index contributed by atoms with van der Waals surface area (Å²) in [5, 5.41) is 0. The number of hydrogen-bond acceptors (Lipinski definition) is 4. The normalized spacial score (nSPS) is 15.8. The van der Waals surface area contributed by atoms with E-state index in [1.165, 1.54) is 0 Å². The molecule has 2 rings (SSSR count). The fraction of sp³-hybridized carbons (Fsp3) is 0.467. The fourth-order valence-electron chi connectivity index (χ4n) is 2.46. The number of nitrogens with two attached hydrogens (primary N) is 1. The van der Waals surface area contributed by atoms with Crippen molar-refractivity contribution in [1.29, 1.82) is 0 Å². The van der Waals surface area contributed by atoms with Gasteiger partial charge in [-0.3, -0.25) is 9.59 Å². The zero-order valence-electron chi connectivity index (χ0n) is 12.0. The Kier molecular flexibility index (Phi) is 5.22. The number of carbonyl (C=O) groups excluding carboxylic acids is 2. The van der Waals surface area contributed by atoms with E-state index in [1.54, 1.807) is 30.0 Å². The highest BCUT2D eigenvalue weighted by Crippen LogP contribution is 2.24. The minimum atomic E-state index is -0.161. The number of halogens is 1. The first-order chi connectivity index (χ1) is 10.0. The van der Waals surface area contributed by atoms with Crippen LogP contribution in [0.25, 0.3) is 0 Å². The molecule has 2 N–H and O–H groups in total. The van der Waals surface area contributed by atoms with Crippen LogP contribution in [-0.2, 0) is 9.53 Å². The molecule has 1 aromatic rings. The van der Waals surface area contributed by atoms with Crippen LogP contribution in [0.5, 0.6) is 0 Å². The Bertz CT molecular complexity index is 540. The smallest absolute Gasteiger partial charge is 0.309 e. The lowest BCUT2D eigenvalue weighted by Gasteiger charge is -2.31. The first-order valence-corrected chi connectivity index (χ1v) is 7.83. The molecule has 1 saturated heterocycles. The molecule has 0 spiro atoms. The summed E-state index contributed by atoms with van der Waals surface area (Å²) in [4.78, 5) is 25.9. The van der Waals surface area contributed by atoms with Crippen molar-refractivity contribution in [1.82, 2.24) is 4.90 Å². The van der Waals surface area contributed by atoms with Crippen molar-refractivity contribution < 1.29 is 14.3 Å². The maximum Gasteiger partial charge on any atom is 0.309 e. The summed E-state index contributed by atoms with van der Waals surface area (Å²) in [7, 11) is 0. The number of likely N-dealkylation sites (tertiary alicyclic amines) is 1. The highest BCUT2D eigenvalue weighted by atomic mass is 79.9. The predicted octanol–water partition coefficient (Wildman–Crippen LogP) is 2.45. The minimum absolute atomic E-state index is 0.0869. The summed E-state index contributed by atoms with van der Waals surface area (Å²) in [6, 6.07) is 5.25. The summed E-state index contributed by atoms with van der Waals surface area (Å²) < 4.78 is 5.85. The van der Waals surface area contributed by atoms with Gasteiger partial charge in [0.1, 0.15) is 0 Å². The van der Waals surface area contributed by atoms with Gasteiger partial charge in [0.05, 0.1) is 18.1 Å². The largest absolute Gasteiger partial charge is 0.466 e. The van der Waals surface area contributed by atoms with Gasteiger partial charge in [0.2, 0.25) is 0 Å². The van der Waals surface area contributed by atoms with Gasteiger partial charge in [-0.25, -0.2) is 0 Å². The van der Waals surface area contributed by atoms with E-state index in [4.69, 9.17) is 10.5 Å². The molecule has 0 bridgehead atoms. The van der Waals surface area contributed by atoms with Gasteiger partial charge >= 0.3 is 5.97 Å². The van der Waals surface area contributed by atoms with Crippen LogP contribution in [0.4, 0.5) is 5.69 Å². The van der Waals surface area contributed by atoms with Crippen LogP contribution in [0.15, 0.2) is 22.7 Å². The molecule has 1 heterocycles. The van der Waals surface area contributed by atoms with Gasteiger partial charge in [0.15, 0.2) is 0 Å². The molecule has 0 saturated carbocycles. The third-order valence-corrected chi connectivity index (χ3v) is 4.14. The molecule has 6 heteroatoms. The van der Waals surface area contributed by atoms with Crippen molar-refractivity contribution in [3.63, 3.8) is 0 Å². The Morgan fingerprint density at radius 1 is 1.38 bits per heavy atom. The topological polar surface area (TPSA) is 72.6 Å². The first-order valence-electron chi connectivity index (χ1n) is 7.04. The van der Waals surface area contributed by atoms with E-state index in [2.05, 4.69) is 15.9 Å². The van der Waals surface area contributed by atoms with Crippen molar-refractivity contribution in [3.05, 3.63) is 28.2 Å². The van der Waals surface area contributed by atoms with E-state index < -0.39 is 0 Å². The summed E-state index contributed by atoms with van der Waals surface area (Å²) in [6.07, 6.45) is 1.27. The summed E-state index contributed by atoms with van der Waals surface area (Å²) in [6.45, 7) is 3.29. The fourth-order valence-corrected chi connectivity index (χ4v) is 2.82. The number of benzene rings is 1. The van der Waals surface area contributed by atoms with Crippen LogP contribution >= 0.6 is 15.9 Å². The van der Waals surface area contributed by atoms with Crippen LogP contribution in [-0.4, -0.2) is 36.5 Å². The molecule has 0 atom stereocenters. The number of nitrogen functional groups attached to an aromatic ring is 1. The molecule has 0 unspecified atom stereocenters. The molecule has 0 aliphatic carbocycles. The number of piperidine rings is 1. The summed E-state index contributed by atoms with van der Waals surface area (Å²) in [5.41, 5.74) is 6.84. The Morgan fingerprint density at radius 3 is 2.67 bits per heavy atom. The standard InChI is InChI=1S/C15H19BrN2O3/c1-2-21-15(20)10-5-7-18(8-6-10)14(19)12-9-11(16)3-4-13(12)17/h3-4,9-10H,2,5-8,17H2,1H3.